The van der Waals surface area contributed by atoms with Gasteiger partial charge in [0.05, 0.1) is 4.90 Å². The third-order valence-electron chi connectivity index (χ3n) is 2.64. The molecule has 0 radical (unpaired) electrons. The number of nitrogen functional groups attached to an aromatic ring is 1. The predicted molar refractivity (Wildman–Crippen MR) is 73.8 cm³/mol. The molecule has 3 N–H and O–H groups in total. The predicted octanol–water partition coefficient (Wildman–Crippen LogP) is 1.44. The average molecular weight is 275 g/mol. The van der Waals surface area contributed by atoms with Crippen LogP contribution in [0, 0.1) is 5.41 Å². The Bertz CT molecular complexity index is 739. The van der Waals surface area contributed by atoms with Gasteiger partial charge in [-0.05, 0) is 12.1 Å². The summed E-state index contributed by atoms with van der Waals surface area (Å²) < 4.78 is 23.6. The first-order chi connectivity index (χ1) is 8.91. The van der Waals surface area contributed by atoms with E-state index in [-0.39, 0.29) is 16.4 Å². The van der Waals surface area contributed by atoms with Crippen LogP contribution in [-0.2, 0) is 9.84 Å². The Labute approximate surface area is 111 Å². The maximum absolute atomic E-state index is 11.8. The van der Waals surface area contributed by atoms with Crippen molar-refractivity contribution >= 4 is 15.7 Å². The van der Waals surface area contributed by atoms with Gasteiger partial charge in [-0.3, -0.25) is 10.4 Å². The van der Waals surface area contributed by atoms with Crippen LogP contribution in [0.25, 0.3) is 11.1 Å². The molecule has 0 amide bonds. The summed E-state index contributed by atoms with van der Waals surface area (Å²) in [6.07, 6.45) is 2.67. The quantitative estimate of drug-likeness (QED) is 0.654. The molecule has 0 saturated carbocycles. The van der Waals surface area contributed by atoms with E-state index in [1.165, 1.54) is 12.3 Å². The SMILES string of the molecule is CS(=O)(=O)c1ccccc1-c1cccnc1C(=N)N. The van der Waals surface area contributed by atoms with E-state index in [1.807, 2.05) is 0 Å². The molecule has 5 nitrogen and oxygen atoms in total. The maximum Gasteiger partial charge on any atom is 0.176 e. The Kier molecular flexibility index (Phi) is 3.35. The lowest BCUT2D eigenvalue weighted by atomic mass is 10.0. The van der Waals surface area contributed by atoms with Crippen LogP contribution in [0.3, 0.4) is 0 Å². The zero-order chi connectivity index (χ0) is 14.0. The van der Waals surface area contributed by atoms with Crippen molar-refractivity contribution in [2.75, 3.05) is 6.26 Å². The summed E-state index contributed by atoms with van der Waals surface area (Å²) in [6.45, 7) is 0. The number of nitrogens with one attached hydrogen (secondary N) is 1. The standard InChI is InChI=1S/C13H13N3O2S/c1-19(17,18)11-7-3-2-5-9(11)10-6-4-8-16-12(10)13(14)15/h2-8H,1H3,(H3,14,15). The minimum Gasteiger partial charge on any atom is -0.382 e. The highest BCUT2D eigenvalue weighted by Gasteiger charge is 2.17. The first-order valence-corrected chi connectivity index (χ1v) is 7.39. The molecule has 2 aromatic rings. The summed E-state index contributed by atoms with van der Waals surface area (Å²) in [5, 5.41) is 7.52. The average Bonchev–Trinajstić information content (AvgIpc) is 2.37. The van der Waals surface area contributed by atoms with E-state index < -0.39 is 9.84 Å². The highest BCUT2D eigenvalue weighted by molar-refractivity contribution is 7.90. The van der Waals surface area contributed by atoms with Crippen molar-refractivity contribution in [3.63, 3.8) is 0 Å². The number of benzene rings is 1. The Morgan fingerprint density at radius 2 is 1.79 bits per heavy atom. The fourth-order valence-corrected chi connectivity index (χ4v) is 2.75. The molecular formula is C13H13N3O2S. The van der Waals surface area contributed by atoms with E-state index in [1.54, 1.807) is 30.3 Å². The van der Waals surface area contributed by atoms with Gasteiger partial charge in [0.25, 0.3) is 0 Å². The molecule has 0 atom stereocenters. The number of hydrogen-bond acceptors (Lipinski definition) is 4. The minimum absolute atomic E-state index is 0.195. The molecule has 19 heavy (non-hydrogen) atoms. The van der Waals surface area contributed by atoms with Crippen LogP contribution in [0.1, 0.15) is 5.69 Å². The second-order valence-corrected chi connectivity index (χ2v) is 6.07. The topological polar surface area (TPSA) is 96.9 Å². The van der Waals surface area contributed by atoms with Crippen molar-refractivity contribution in [1.29, 1.82) is 5.41 Å². The van der Waals surface area contributed by atoms with Gasteiger partial charge >= 0.3 is 0 Å². The molecular weight excluding hydrogens is 262 g/mol. The second-order valence-electron chi connectivity index (χ2n) is 4.08. The van der Waals surface area contributed by atoms with E-state index in [0.29, 0.717) is 11.1 Å². The van der Waals surface area contributed by atoms with Crippen molar-refractivity contribution in [3.05, 3.63) is 48.3 Å². The summed E-state index contributed by atoms with van der Waals surface area (Å²) in [5.74, 6) is -0.195. The lowest BCUT2D eigenvalue weighted by Gasteiger charge is -2.11. The first kappa shape index (κ1) is 13.2. The molecule has 0 aliphatic rings. The van der Waals surface area contributed by atoms with Crippen molar-refractivity contribution < 1.29 is 8.42 Å². The van der Waals surface area contributed by atoms with Crippen molar-refractivity contribution in [2.24, 2.45) is 5.73 Å². The monoisotopic (exact) mass is 275 g/mol. The van der Waals surface area contributed by atoms with Crippen molar-refractivity contribution in [2.45, 2.75) is 4.90 Å². The van der Waals surface area contributed by atoms with Gasteiger partial charge < -0.3 is 5.73 Å². The van der Waals surface area contributed by atoms with Gasteiger partial charge in [-0.15, -0.1) is 0 Å². The zero-order valence-electron chi connectivity index (χ0n) is 10.3. The number of pyridine rings is 1. The Morgan fingerprint density at radius 1 is 1.16 bits per heavy atom. The number of amidine groups is 1. The number of nitrogens with two attached hydrogens (primary N) is 1. The van der Waals surface area contributed by atoms with E-state index >= 15 is 0 Å². The zero-order valence-corrected chi connectivity index (χ0v) is 11.1. The Hall–Kier alpha value is -2.21. The Morgan fingerprint density at radius 3 is 2.42 bits per heavy atom. The Balaban J connectivity index is 2.78. The van der Waals surface area contributed by atoms with E-state index in [4.69, 9.17) is 11.1 Å². The van der Waals surface area contributed by atoms with Crippen molar-refractivity contribution in [1.82, 2.24) is 4.98 Å². The lowest BCUT2D eigenvalue weighted by Crippen LogP contribution is -2.15. The lowest BCUT2D eigenvalue weighted by molar-refractivity contribution is 0.602. The summed E-state index contributed by atoms with van der Waals surface area (Å²) >= 11 is 0. The maximum atomic E-state index is 11.8. The minimum atomic E-state index is -3.36. The molecule has 98 valence electrons. The van der Waals surface area contributed by atoms with Crippen LogP contribution in [0.5, 0.6) is 0 Å². The van der Waals surface area contributed by atoms with E-state index in [9.17, 15) is 8.42 Å². The third-order valence-corrected chi connectivity index (χ3v) is 3.79. The summed E-state index contributed by atoms with van der Waals surface area (Å²) in [6, 6.07) is 9.99. The van der Waals surface area contributed by atoms with Crippen LogP contribution in [0.2, 0.25) is 0 Å². The number of hydrogen-bond donors (Lipinski definition) is 2. The molecule has 0 fully saturated rings. The number of nitrogens with zero attached hydrogens (tertiary/aromatic N) is 1. The largest absolute Gasteiger partial charge is 0.382 e. The number of rotatable bonds is 3. The molecule has 1 aromatic carbocycles. The first-order valence-electron chi connectivity index (χ1n) is 5.50. The fraction of sp³-hybridized carbons (Fsp3) is 0.0769. The van der Waals surface area contributed by atoms with Gasteiger partial charge in [0, 0.05) is 23.6 Å². The van der Waals surface area contributed by atoms with Gasteiger partial charge in [-0.2, -0.15) is 0 Å². The van der Waals surface area contributed by atoms with Crippen LogP contribution in [-0.4, -0.2) is 25.5 Å². The molecule has 0 bridgehead atoms. The van der Waals surface area contributed by atoms with Crippen LogP contribution < -0.4 is 5.73 Å². The summed E-state index contributed by atoms with van der Waals surface area (Å²) in [4.78, 5) is 4.23. The molecule has 0 aliphatic carbocycles. The molecule has 0 saturated heterocycles. The number of aromatic nitrogens is 1. The second kappa shape index (κ2) is 4.81. The van der Waals surface area contributed by atoms with Crippen LogP contribution in [0.4, 0.5) is 0 Å². The third kappa shape index (κ3) is 2.63. The van der Waals surface area contributed by atoms with E-state index in [2.05, 4.69) is 4.98 Å². The normalized spacial score (nSPS) is 11.2. The molecule has 6 heteroatoms. The molecule has 0 unspecified atom stereocenters. The fourth-order valence-electron chi connectivity index (χ4n) is 1.85. The van der Waals surface area contributed by atoms with Gasteiger partial charge in [0.1, 0.15) is 11.5 Å². The molecule has 1 aromatic heterocycles. The van der Waals surface area contributed by atoms with Gasteiger partial charge in [-0.25, -0.2) is 8.42 Å². The smallest absolute Gasteiger partial charge is 0.176 e. The summed E-state index contributed by atoms with van der Waals surface area (Å²) in [5.41, 5.74) is 6.80. The molecule has 0 aliphatic heterocycles. The molecule has 2 rings (SSSR count). The molecule has 1 heterocycles. The highest BCUT2D eigenvalue weighted by Crippen LogP contribution is 2.28. The highest BCUT2D eigenvalue weighted by atomic mass is 32.2. The number of sulfone groups is 1. The molecule has 0 spiro atoms. The van der Waals surface area contributed by atoms with Gasteiger partial charge in [-0.1, -0.05) is 24.3 Å². The van der Waals surface area contributed by atoms with Crippen LogP contribution in [0.15, 0.2) is 47.5 Å². The van der Waals surface area contributed by atoms with Gasteiger partial charge in [0.15, 0.2) is 9.84 Å². The van der Waals surface area contributed by atoms with E-state index in [0.717, 1.165) is 6.26 Å². The van der Waals surface area contributed by atoms with Gasteiger partial charge in [0.2, 0.25) is 0 Å². The van der Waals surface area contributed by atoms with Crippen molar-refractivity contribution in [3.8, 4) is 11.1 Å². The summed E-state index contributed by atoms with van der Waals surface area (Å²) in [7, 11) is -3.36. The van der Waals surface area contributed by atoms with Crippen LogP contribution >= 0.6 is 0 Å².